The van der Waals surface area contributed by atoms with Crippen LogP contribution in [0.3, 0.4) is 0 Å². The number of carbonyl (C=O) groups excluding carboxylic acids is 3. The van der Waals surface area contributed by atoms with Gasteiger partial charge in [0.2, 0.25) is 5.91 Å². The van der Waals surface area contributed by atoms with Gasteiger partial charge in [-0.2, -0.15) is 0 Å². The predicted octanol–water partition coefficient (Wildman–Crippen LogP) is 5.90. The molecule has 1 aromatic heterocycles. The minimum Gasteiger partial charge on any atom is -0.341 e. The first-order valence-corrected chi connectivity index (χ1v) is 13.2. The summed E-state index contributed by atoms with van der Waals surface area (Å²) in [5, 5.41) is 4.05. The van der Waals surface area contributed by atoms with Crippen LogP contribution in [0.15, 0.2) is 47.8 Å². The zero-order valence-corrected chi connectivity index (χ0v) is 21.4. The summed E-state index contributed by atoms with van der Waals surface area (Å²) in [5.41, 5.74) is 2.51. The quantitative estimate of drug-likeness (QED) is 0.387. The lowest BCUT2D eigenvalue weighted by Crippen LogP contribution is -2.52. The number of halogens is 2. The first-order valence-electron chi connectivity index (χ1n) is 11.6. The molecule has 0 aliphatic carbocycles. The van der Waals surface area contributed by atoms with Crippen LogP contribution in [0.4, 0.5) is 0 Å². The standard InChI is InChI=1S/C26H23Cl2N3O3S/c1-2-22(31-24(32)17-5-3-4-6-18(17)25(31)33)26(34)30-11-9-15(10-12-30)23-29-21(14-35-23)16-7-8-19(27)20(28)13-16/h3-8,13-15,22H,2,9-12H2,1H3. The number of thiazole rings is 1. The summed E-state index contributed by atoms with van der Waals surface area (Å²) in [5.74, 6) is -0.701. The first-order chi connectivity index (χ1) is 16.9. The van der Waals surface area contributed by atoms with Crippen LogP contribution in [-0.4, -0.2) is 51.6 Å². The normalized spacial score (nSPS) is 17.1. The molecule has 0 N–H and O–H groups in total. The van der Waals surface area contributed by atoms with Crippen molar-refractivity contribution in [1.82, 2.24) is 14.8 Å². The van der Waals surface area contributed by atoms with E-state index >= 15 is 0 Å². The highest BCUT2D eigenvalue weighted by atomic mass is 35.5. The van der Waals surface area contributed by atoms with E-state index < -0.39 is 17.9 Å². The third-order valence-corrected chi connectivity index (χ3v) is 8.45. The highest BCUT2D eigenvalue weighted by molar-refractivity contribution is 7.10. The summed E-state index contributed by atoms with van der Waals surface area (Å²) >= 11 is 13.8. The van der Waals surface area contributed by atoms with E-state index in [2.05, 4.69) is 0 Å². The zero-order chi connectivity index (χ0) is 24.7. The molecule has 5 rings (SSSR count). The molecule has 0 radical (unpaired) electrons. The number of rotatable bonds is 5. The van der Waals surface area contributed by atoms with Crippen molar-refractivity contribution in [2.24, 2.45) is 0 Å². The van der Waals surface area contributed by atoms with Crippen molar-refractivity contribution in [2.45, 2.75) is 38.1 Å². The molecule has 6 nitrogen and oxygen atoms in total. The average molecular weight is 528 g/mol. The number of carbonyl (C=O) groups is 3. The van der Waals surface area contributed by atoms with Gasteiger partial charge in [0.15, 0.2) is 0 Å². The minimum absolute atomic E-state index is 0.170. The second-order valence-electron chi connectivity index (χ2n) is 8.75. The van der Waals surface area contributed by atoms with E-state index in [-0.39, 0.29) is 11.8 Å². The molecule has 1 saturated heterocycles. The highest BCUT2D eigenvalue weighted by Gasteiger charge is 2.43. The summed E-state index contributed by atoms with van der Waals surface area (Å²) in [6.07, 6.45) is 1.93. The number of nitrogens with zero attached hydrogens (tertiary/aromatic N) is 3. The van der Waals surface area contributed by atoms with Gasteiger partial charge in [-0.1, -0.05) is 48.3 Å². The Bertz CT molecular complexity index is 1280. The van der Waals surface area contributed by atoms with Crippen LogP contribution < -0.4 is 0 Å². The number of hydrogen-bond donors (Lipinski definition) is 0. The van der Waals surface area contributed by atoms with Crippen LogP contribution in [0, 0.1) is 0 Å². The predicted molar refractivity (Wildman–Crippen MR) is 137 cm³/mol. The van der Waals surface area contributed by atoms with Crippen molar-refractivity contribution in [3.05, 3.63) is 74.0 Å². The number of piperidine rings is 1. The average Bonchev–Trinajstić information content (AvgIpc) is 3.46. The fourth-order valence-electron chi connectivity index (χ4n) is 4.78. The smallest absolute Gasteiger partial charge is 0.262 e. The number of likely N-dealkylation sites (tertiary alicyclic amines) is 1. The lowest BCUT2D eigenvalue weighted by atomic mass is 9.96. The molecule has 35 heavy (non-hydrogen) atoms. The Balaban J connectivity index is 1.25. The molecule has 180 valence electrons. The minimum atomic E-state index is -0.792. The molecule has 9 heteroatoms. The molecule has 2 aromatic carbocycles. The van der Waals surface area contributed by atoms with E-state index in [1.807, 2.05) is 24.4 Å². The molecule has 0 spiro atoms. The summed E-state index contributed by atoms with van der Waals surface area (Å²) in [4.78, 5) is 46.9. The van der Waals surface area contributed by atoms with Gasteiger partial charge < -0.3 is 4.90 Å². The molecule has 2 aliphatic rings. The van der Waals surface area contributed by atoms with E-state index in [4.69, 9.17) is 28.2 Å². The monoisotopic (exact) mass is 527 g/mol. The third-order valence-electron chi connectivity index (χ3n) is 6.70. The van der Waals surface area contributed by atoms with Crippen molar-refractivity contribution in [3.63, 3.8) is 0 Å². The summed E-state index contributed by atoms with van der Waals surface area (Å²) in [6.45, 7) is 2.95. The first kappa shape index (κ1) is 24.0. The summed E-state index contributed by atoms with van der Waals surface area (Å²) < 4.78 is 0. The number of amides is 3. The van der Waals surface area contributed by atoms with Crippen LogP contribution in [0.1, 0.15) is 57.8 Å². The molecule has 1 unspecified atom stereocenters. The maximum absolute atomic E-state index is 13.4. The van der Waals surface area contributed by atoms with Gasteiger partial charge in [0.25, 0.3) is 11.8 Å². The number of aromatic nitrogens is 1. The molecular weight excluding hydrogens is 505 g/mol. The van der Waals surface area contributed by atoms with Crippen LogP contribution in [0.2, 0.25) is 10.0 Å². The number of imide groups is 1. The van der Waals surface area contributed by atoms with Crippen LogP contribution in [0.5, 0.6) is 0 Å². The molecule has 1 atom stereocenters. The molecule has 3 amide bonds. The zero-order valence-electron chi connectivity index (χ0n) is 19.0. The maximum atomic E-state index is 13.4. The van der Waals surface area contributed by atoms with Gasteiger partial charge in [0.05, 0.1) is 31.9 Å². The van der Waals surface area contributed by atoms with Crippen molar-refractivity contribution < 1.29 is 14.4 Å². The molecule has 3 heterocycles. The molecular formula is C26H23Cl2N3O3S. The van der Waals surface area contributed by atoms with Crippen molar-refractivity contribution in [3.8, 4) is 11.3 Å². The Morgan fingerprint density at radius 1 is 1.06 bits per heavy atom. The van der Waals surface area contributed by atoms with Crippen molar-refractivity contribution in [2.75, 3.05) is 13.1 Å². The highest BCUT2D eigenvalue weighted by Crippen LogP contribution is 2.35. The molecule has 1 fully saturated rings. The Hall–Kier alpha value is -2.74. The van der Waals surface area contributed by atoms with Gasteiger partial charge in [-0.3, -0.25) is 19.3 Å². The van der Waals surface area contributed by atoms with Crippen LogP contribution >= 0.6 is 34.5 Å². The Kier molecular flexibility index (Phi) is 6.66. The van der Waals surface area contributed by atoms with Gasteiger partial charge in [0.1, 0.15) is 6.04 Å². The van der Waals surface area contributed by atoms with Gasteiger partial charge in [-0.25, -0.2) is 4.98 Å². The van der Waals surface area contributed by atoms with Crippen molar-refractivity contribution >= 4 is 52.3 Å². The summed E-state index contributed by atoms with van der Waals surface area (Å²) in [7, 11) is 0. The van der Waals surface area contributed by atoms with Gasteiger partial charge in [-0.15, -0.1) is 11.3 Å². The van der Waals surface area contributed by atoms with Gasteiger partial charge in [-0.05, 0) is 43.5 Å². The fourth-order valence-corrected chi connectivity index (χ4v) is 6.08. The SMILES string of the molecule is CCC(C(=O)N1CCC(c2nc(-c3ccc(Cl)c(Cl)c3)cs2)CC1)N1C(=O)c2ccccc2C1=O. The van der Waals surface area contributed by atoms with E-state index in [1.54, 1.807) is 46.6 Å². The fraction of sp³-hybridized carbons (Fsp3) is 0.308. The van der Waals surface area contributed by atoms with E-state index in [0.29, 0.717) is 40.7 Å². The largest absolute Gasteiger partial charge is 0.341 e. The maximum Gasteiger partial charge on any atom is 0.262 e. The van der Waals surface area contributed by atoms with E-state index in [0.717, 1.165) is 34.0 Å². The molecule has 3 aromatic rings. The van der Waals surface area contributed by atoms with E-state index in [9.17, 15) is 14.4 Å². The van der Waals surface area contributed by atoms with E-state index in [1.165, 1.54) is 0 Å². The third kappa shape index (κ3) is 4.37. The second-order valence-corrected chi connectivity index (χ2v) is 10.5. The van der Waals surface area contributed by atoms with Gasteiger partial charge >= 0.3 is 0 Å². The van der Waals surface area contributed by atoms with Gasteiger partial charge in [0, 0.05) is 30.0 Å². The number of fused-ring (bicyclic) bond motifs is 1. The lowest BCUT2D eigenvalue weighted by molar-refractivity contribution is -0.136. The second kappa shape index (κ2) is 9.72. The molecule has 0 bridgehead atoms. The molecule has 0 saturated carbocycles. The van der Waals surface area contributed by atoms with Crippen LogP contribution in [0.25, 0.3) is 11.3 Å². The lowest BCUT2D eigenvalue weighted by Gasteiger charge is -2.35. The van der Waals surface area contributed by atoms with Crippen molar-refractivity contribution in [1.29, 1.82) is 0 Å². The Morgan fingerprint density at radius 2 is 1.71 bits per heavy atom. The molecule has 2 aliphatic heterocycles. The topological polar surface area (TPSA) is 70.6 Å². The Morgan fingerprint density at radius 3 is 2.31 bits per heavy atom. The number of benzene rings is 2. The summed E-state index contributed by atoms with van der Waals surface area (Å²) in [6, 6.07) is 11.4. The van der Waals surface area contributed by atoms with Crippen LogP contribution in [-0.2, 0) is 4.79 Å². The number of hydrogen-bond acceptors (Lipinski definition) is 5. The Labute approximate surface area is 217 Å².